The van der Waals surface area contributed by atoms with Crippen molar-refractivity contribution in [3.05, 3.63) is 66.8 Å². The zero-order valence-corrected chi connectivity index (χ0v) is 32.4. The van der Waals surface area contributed by atoms with Gasteiger partial charge in [-0.15, -0.1) is 0 Å². The molecule has 50 heavy (non-hydrogen) atoms. The molecule has 1 N–H and O–H groups in total. The highest BCUT2D eigenvalue weighted by atomic mass is 16.6. The van der Waals surface area contributed by atoms with Crippen LogP contribution in [0.4, 0.5) is 5.69 Å². The number of carbonyl (C=O) groups is 2. The standard InChI is InChI=1S/C45H75NO4/c1-3-5-7-9-11-13-15-17-19-21-23-25-27-29-34-38-44(47)49-41-43(40-46-42-36-32-31-33-37-42)50-45(48)39-35-30-28-26-24-22-20-18-16-14-12-10-8-6-4-2/h11,13,17-20,31-33,36-37,43,46H,3-10,12,14-16,21-30,34-35,38-41H2,1-2H3/b13-11-,19-17-,20-18-. The Hall–Kier alpha value is -2.82. The Morgan fingerprint density at radius 3 is 1.56 bits per heavy atom. The molecule has 0 radical (unpaired) electrons. The minimum atomic E-state index is -0.514. The third kappa shape index (κ3) is 31.2. The summed E-state index contributed by atoms with van der Waals surface area (Å²) in [6, 6.07) is 9.83. The molecule has 0 saturated carbocycles. The highest BCUT2D eigenvalue weighted by molar-refractivity contribution is 5.70. The van der Waals surface area contributed by atoms with Crippen LogP contribution in [0.2, 0.25) is 0 Å². The van der Waals surface area contributed by atoms with Gasteiger partial charge in [-0.05, 0) is 82.8 Å². The lowest BCUT2D eigenvalue weighted by Gasteiger charge is -2.19. The van der Waals surface area contributed by atoms with Gasteiger partial charge in [-0.25, -0.2) is 0 Å². The number of esters is 2. The maximum Gasteiger partial charge on any atom is 0.306 e. The quantitative estimate of drug-likeness (QED) is 0.0435. The number of allylic oxidation sites excluding steroid dienone is 6. The second kappa shape index (κ2) is 36.0. The summed E-state index contributed by atoms with van der Waals surface area (Å²) in [6.07, 6.45) is 42.7. The van der Waals surface area contributed by atoms with E-state index in [1.807, 2.05) is 30.3 Å². The number of ether oxygens (including phenoxy) is 2. The normalized spacial score (nSPS) is 12.3. The molecular formula is C45H75NO4. The Morgan fingerprint density at radius 2 is 1.00 bits per heavy atom. The minimum Gasteiger partial charge on any atom is -0.462 e. The van der Waals surface area contributed by atoms with E-state index in [2.05, 4.69) is 55.6 Å². The molecule has 1 aromatic carbocycles. The zero-order chi connectivity index (χ0) is 36.0. The van der Waals surface area contributed by atoms with E-state index in [4.69, 9.17) is 9.47 Å². The second-order valence-corrected chi connectivity index (χ2v) is 13.9. The Labute approximate surface area is 308 Å². The largest absolute Gasteiger partial charge is 0.462 e. The van der Waals surface area contributed by atoms with Crippen molar-refractivity contribution < 1.29 is 19.1 Å². The van der Waals surface area contributed by atoms with Crippen molar-refractivity contribution in [2.45, 2.75) is 187 Å². The summed E-state index contributed by atoms with van der Waals surface area (Å²) in [5.41, 5.74) is 0.947. The van der Waals surface area contributed by atoms with Crippen LogP contribution in [-0.4, -0.2) is 31.2 Å². The fourth-order valence-electron chi connectivity index (χ4n) is 5.85. The lowest BCUT2D eigenvalue weighted by molar-refractivity contribution is -0.158. The summed E-state index contributed by atoms with van der Waals surface area (Å²) < 4.78 is 11.3. The number of nitrogens with one attached hydrogen (secondary N) is 1. The van der Waals surface area contributed by atoms with Crippen LogP contribution >= 0.6 is 0 Å². The number of rotatable bonds is 35. The van der Waals surface area contributed by atoms with E-state index in [9.17, 15) is 9.59 Å². The average Bonchev–Trinajstić information content (AvgIpc) is 3.13. The van der Waals surface area contributed by atoms with Crippen LogP contribution < -0.4 is 5.32 Å². The van der Waals surface area contributed by atoms with Gasteiger partial charge >= 0.3 is 11.9 Å². The maximum absolute atomic E-state index is 12.7. The molecular weight excluding hydrogens is 618 g/mol. The van der Waals surface area contributed by atoms with Crippen LogP contribution in [-0.2, 0) is 19.1 Å². The van der Waals surface area contributed by atoms with Crippen LogP contribution in [0.15, 0.2) is 66.8 Å². The van der Waals surface area contributed by atoms with Gasteiger partial charge in [0.05, 0.1) is 6.54 Å². The molecule has 0 aliphatic heterocycles. The first-order valence-corrected chi connectivity index (χ1v) is 20.7. The molecule has 0 spiro atoms. The predicted octanol–water partition coefficient (Wildman–Crippen LogP) is 13.4. The molecule has 0 bridgehead atoms. The first-order chi connectivity index (χ1) is 24.7. The van der Waals surface area contributed by atoms with E-state index in [0.717, 1.165) is 63.5 Å². The third-order valence-corrected chi connectivity index (χ3v) is 9.01. The summed E-state index contributed by atoms with van der Waals surface area (Å²) in [5.74, 6) is -0.430. The summed E-state index contributed by atoms with van der Waals surface area (Å²) in [7, 11) is 0. The van der Waals surface area contributed by atoms with Gasteiger partial charge in [0, 0.05) is 18.5 Å². The van der Waals surface area contributed by atoms with Gasteiger partial charge in [-0.3, -0.25) is 9.59 Å². The molecule has 5 nitrogen and oxygen atoms in total. The Morgan fingerprint density at radius 1 is 0.560 bits per heavy atom. The second-order valence-electron chi connectivity index (χ2n) is 13.9. The van der Waals surface area contributed by atoms with Crippen molar-refractivity contribution in [3.8, 4) is 0 Å². The van der Waals surface area contributed by atoms with E-state index in [-0.39, 0.29) is 18.5 Å². The van der Waals surface area contributed by atoms with Gasteiger partial charge in [0.1, 0.15) is 6.61 Å². The number of hydrogen-bond acceptors (Lipinski definition) is 5. The summed E-state index contributed by atoms with van der Waals surface area (Å²) >= 11 is 0. The molecule has 0 saturated heterocycles. The average molecular weight is 694 g/mol. The lowest BCUT2D eigenvalue weighted by atomic mass is 10.1. The molecule has 1 rings (SSSR count). The minimum absolute atomic E-state index is 0.0804. The van der Waals surface area contributed by atoms with Gasteiger partial charge < -0.3 is 14.8 Å². The van der Waals surface area contributed by atoms with Gasteiger partial charge in [-0.2, -0.15) is 0 Å². The number of para-hydroxylation sites is 1. The molecule has 284 valence electrons. The van der Waals surface area contributed by atoms with E-state index in [0.29, 0.717) is 19.4 Å². The highest BCUT2D eigenvalue weighted by Gasteiger charge is 2.17. The smallest absolute Gasteiger partial charge is 0.306 e. The topological polar surface area (TPSA) is 64.6 Å². The van der Waals surface area contributed by atoms with Gasteiger partial charge in [0.15, 0.2) is 6.10 Å². The molecule has 1 atom stereocenters. The van der Waals surface area contributed by atoms with Crippen LogP contribution in [0.3, 0.4) is 0 Å². The molecule has 0 heterocycles. The predicted molar refractivity (Wildman–Crippen MR) is 215 cm³/mol. The molecule has 0 aromatic heterocycles. The van der Waals surface area contributed by atoms with Crippen molar-refractivity contribution in [2.24, 2.45) is 0 Å². The monoisotopic (exact) mass is 694 g/mol. The number of benzene rings is 1. The lowest BCUT2D eigenvalue weighted by Crippen LogP contribution is -2.31. The molecule has 5 heteroatoms. The van der Waals surface area contributed by atoms with E-state index >= 15 is 0 Å². The Bertz CT molecular complexity index is 986. The molecule has 0 amide bonds. The van der Waals surface area contributed by atoms with Crippen LogP contribution in [0.25, 0.3) is 0 Å². The molecule has 0 aliphatic rings. The van der Waals surface area contributed by atoms with Gasteiger partial charge in [0.25, 0.3) is 0 Å². The SMILES string of the molecule is CCCCC/C=C\C/C=C\CCCCCCCC(=O)OCC(CNc1ccccc1)OC(=O)CCCCCCC/C=C\CCCCCCCC. The molecule has 0 fully saturated rings. The van der Waals surface area contributed by atoms with Gasteiger partial charge in [-0.1, -0.05) is 152 Å². The Kier molecular flexibility index (Phi) is 32.5. The van der Waals surface area contributed by atoms with E-state index in [1.54, 1.807) is 0 Å². The van der Waals surface area contributed by atoms with Crippen molar-refractivity contribution in [1.82, 2.24) is 0 Å². The van der Waals surface area contributed by atoms with Crippen molar-refractivity contribution in [2.75, 3.05) is 18.5 Å². The highest BCUT2D eigenvalue weighted by Crippen LogP contribution is 2.13. The number of anilines is 1. The number of unbranched alkanes of at least 4 members (excludes halogenated alkanes) is 19. The zero-order valence-electron chi connectivity index (χ0n) is 32.4. The van der Waals surface area contributed by atoms with Gasteiger partial charge in [0.2, 0.25) is 0 Å². The number of carbonyl (C=O) groups excluding carboxylic acids is 2. The van der Waals surface area contributed by atoms with Crippen LogP contribution in [0.5, 0.6) is 0 Å². The fourth-order valence-corrected chi connectivity index (χ4v) is 5.85. The Balaban J connectivity index is 2.17. The fraction of sp³-hybridized carbons (Fsp3) is 0.689. The van der Waals surface area contributed by atoms with Crippen LogP contribution in [0, 0.1) is 0 Å². The van der Waals surface area contributed by atoms with E-state index in [1.165, 1.54) is 96.3 Å². The number of hydrogen-bond donors (Lipinski definition) is 1. The van der Waals surface area contributed by atoms with Crippen molar-refractivity contribution in [3.63, 3.8) is 0 Å². The summed E-state index contributed by atoms with van der Waals surface area (Å²) in [6.45, 7) is 4.99. The van der Waals surface area contributed by atoms with Crippen molar-refractivity contribution >= 4 is 17.6 Å². The molecule has 0 aliphatic carbocycles. The first kappa shape index (κ1) is 45.2. The first-order valence-electron chi connectivity index (χ1n) is 20.7. The van der Waals surface area contributed by atoms with E-state index < -0.39 is 6.10 Å². The van der Waals surface area contributed by atoms with Crippen LogP contribution in [0.1, 0.15) is 181 Å². The van der Waals surface area contributed by atoms with Crippen molar-refractivity contribution in [1.29, 1.82) is 0 Å². The summed E-state index contributed by atoms with van der Waals surface area (Å²) in [4.78, 5) is 25.1. The molecule has 1 unspecified atom stereocenters. The maximum atomic E-state index is 12.7. The third-order valence-electron chi connectivity index (χ3n) is 9.01. The summed E-state index contributed by atoms with van der Waals surface area (Å²) in [5, 5.41) is 3.31. The molecule has 1 aromatic rings.